The minimum atomic E-state index is -0.944. The lowest BCUT2D eigenvalue weighted by Gasteiger charge is -2.31. The average molecular weight is 348 g/mol. The van der Waals surface area contributed by atoms with Crippen molar-refractivity contribution < 1.29 is 9.53 Å². The van der Waals surface area contributed by atoms with Crippen molar-refractivity contribution >= 4 is 27.6 Å². The number of ether oxygens (including phenoxy) is 1. The van der Waals surface area contributed by atoms with Crippen molar-refractivity contribution in [1.82, 2.24) is 0 Å². The quantitative estimate of drug-likeness (QED) is 0.839. The molecule has 0 saturated heterocycles. The maximum absolute atomic E-state index is 12.4. The van der Waals surface area contributed by atoms with Crippen molar-refractivity contribution in [1.29, 1.82) is 0 Å². The monoisotopic (exact) mass is 347 g/mol. The highest BCUT2D eigenvalue weighted by Gasteiger charge is 2.37. The Balaban J connectivity index is 2.48. The van der Waals surface area contributed by atoms with Gasteiger partial charge in [0.1, 0.15) is 0 Å². The van der Waals surface area contributed by atoms with Gasteiger partial charge >= 0.3 is 5.97 Å². The summed E-state index contributed by atoms with van der Waals surface area (Å²) in [7, 11) is 1.40. The highest BCUT2D eigenvalue weighted by Crippen LogP contribution is 2.30. The zero-order valence-corrected chi connectivity index (χ0v) is 13.9. The number of nitrogens with one attached hydrogen (secondary N) is 1. The lowest BCUT2D eigenvalue weighted by atomic mass is 9.88. The zero-order chi connectivity index (χ0) is 15.5. The first-order valence-corrected chi connectivity index (χ1v) is 7.45. The van der Waals surface area contributed by atoms with Crippen LogP contribution < -0.4 is 5.32 Å². The van der Waals surface area contributed by atoms with E-state index in [1.807, 2.05) is 62.4 Å². The Kier molecular flexibility index (Phi) is 4.68. The largest absolute Gasteiger partial charge is 0.467 e. The first-order chi connectivity index (χ1) is 9.97. The summed E-state index contributed by atoms with van der Waals surface area (Å²) in [4.78, 5) is 12.4. The van der Waals surface area contributed by atoms with Gasteiger partial charge in [0.25, 0.3) is 0 Å². The van der Waals surface area contributed by atoms with Crippen molar-refractivity contribution in [2.45, 2.75) is 19.4 Å². The average Bonchev–Trinajstić information content (AvgIpc) is 2.46. The fourth-order valence-electron chi connectivity index (χ4n) is 2.42. The normalized spacial score (nSPS) is 13.3. The molecule has 0 spiro atoms. The van der Waals surface area contributed by atoms with E-state index in [0.29, 0.717) is 0 Å². The molecule has 0 heterocycles. The Bertz CT molecular complexity index is 657. The van der Waals surface area contributed by atoms with Gasteiger partial charge in [0, 0.05) is 10.2 Å². The van der Waals surface area contributed by atoms with Gasteiger partial charge in [0.2, 0.25) is 0 Å². The Hall–Kier alpha value is -1.81. The summed E-state index contributed by atoms with van der Waals surface area (Å²) in [5.74, 6) is -0.322. The number of esters is 1. The predicted octanol–water partition coefficient (Wildman–Crippen LogP) is 4.26. The Labute approximate surface area is 133 Å². The fraction of sp³-hybridized carbons (Fsp3) is 0.235. The molecular weight excluding hydrogens is 330 g/mol. The third-order valence-corrected chi connectivity index (χ3v) is 3.99. The van der Waals surface area contributed by atoms with Gasteiger partial charge in [-0.3, -0.25) is 0 Å². The van der Waals surface area contributed by atoms with E-state index in [4.69, 9.17) is 4.74 Å². The first-order valence-electron chi connectivity index (χ1n) is 6.65. The number of hydrogen-bond acceptors (Lipinski definition) is 3. The molecule has 0 fully saturated rings. The summed E-state index contributed by atoms with van der Waals surface area (Å²) in [5, 5.41) is 3.30. The Morgan fingerprint density at radius 2 is 1.90 bits per heavy atom. The topological polar surface area (TPSA) is 38.3 Å². The number of anilines is 1. The molecule has 2 rings (SSSR count). The Morgan fingerprint density at radius 3 is 2.52 bits per heavy atom. The highest BCUT2D eigenvalue weighted by atomic mass is 79.9. The van der Waals surface area contributed by atoms with E-state index in [1.165, 1.54) is 7.11 Å². The van der Waals surface area contributed by atoms with Crippen LogP contribution >= 0.6 is 15.9 Å². The van der Waals surface area contributed by atoms with Crippen molar-refractivity contribution in [3.05, 3.63) is 64.1 Å². The highest BCUT2D eigenvalue weighted by molar-refractivity contribution is 9.10. The van der Waals surface area contributed by atoms with E-state index in [9.17, 15) is 4.79 Å². The molecule has 0 aromatic heterocycles. The van der Waals surface area contributed by atoms with E-state index >= 15 is 0 Å². The molecule has 0 bridgehead atoms. The van der Waals surface area contributed by atoms with Gasteiger partial charge in [-0.05, 0) is 43.2 Å². The van der Waals surface area contributed by atoms with E-state index in [0.717, 1.165) is 21.3 Å². The number of benzene rings is 2. The molecule has 0 aliphatic carbocycles. The van der Waals surface area contributed by atoms with Gasteiger partial charge in [-0.15, -0.1) is 0 Å². The molecule has 1 unspecified atom stereocenters. The summed E-state index contributed by atoms with van der Waals surface area (Å²) in [6.45, 7) is 3.82. The summed E-state index contributed by atoms with van der Waals surface area (Å²) in [5.41, 5.74) is 1.84. The van der Waals surface area contributed by atoms with Crippen LogP contribution in [0.15, 0.2) is 53.0 Å². The molecule has 1 atom stereocenters. The molecule has 0 aliphatic heterocycles. The molecule has 0 aliphatic rings. The Morgan fingerprint density at radius 1 is 1.19 bits per heavy atom. The van der Waals surface area contributed by atoms with Crippen molar-refractivity contribution in [2.24, 2.45) is 0 Å². The van der Waals surface area contributed by atoms with Gasteiger partial charge in [-0.25, -0.2) is 4.79 Å². The molecule has 21 heavy (non-hydrogen) atoms. The lowest BCUT2D eigenvalue weighted by molar-refractivity contribution is -0.145. The van der Waals surface area contributed by atoms with Gasteiger partial charge in [0.15, 0.2) is 5.54 Å². The second-order valence-electron chi connectivity index (χ2n) is 5.07. The minimum absolute atomic E-state index is 0.322. The standard InChI is InChI=1S/C17H18BrNO2/c1-12-7-4-5-10-15(12)17(2,16(20)21-3)19-14-9-6-8-13(18)11-14/h4-11,19H,1-3H3. The van der Waals surface area contributed by atoms with Gasteiger partial charge in [-0.2, -0.15) is 0 Å². The van der Waals surface area contributed by atoms with E-state index < -0.39 is 5.54 Å². The molecule has 1 N–H and O–H groups in total. The van der Waals surface area contributed by atoms with Crippen molar-refractivity contribution in [3.63, 3.8) is 0 Å². The van der Waals surface area contributed by atoms with Crippen LogP contribution in [0.25, 0.3) is 0 Å². The molecule has 2 aromatic carbocycles. The fourth-order valence-corrected chi connectivity index (χ4v) is 2.82. The lowest BCUT2D eigenvalue weighted by Crippen LogP contribution is -2.42. The van der Waals surface area contributed by atoms with Crippen molar-refractivity contribution in [3.8, 4) is 0 Å². The van der Waals surface area contributed by atoms with E-state index in [1.54, 1.807) is 0 Å². The number of hydrogen-bond donors (Lipinski definition) is 1. The second-order valence-corrected chi connectivity index (χ2v) is 5.98. The molecular formula is C17H18BrNO2. The van der Waals surface area contributed by atoms with Crippen LogP contribution in [0.2, 0.25) is 0 Å². The van der Waals surface area contributed by atoms with Crippen LogP contribution in [0.5, 0.6) is 0 Å². The number of halogens is 1. The maximum Gasteiger partial charge on any atom is 0.335 e. The van der Waals surface area contributed by atoms with Gasteiger partial charge in [0.05, 0.1) is 7.11 Å². The van der Waals surface area contributed by atoms with Crippen LogP contribution in [0, 0.1) is 6.92 Å². The molecule has 0 amide bonds. The van der Waals surface area contributed by atoms with Gasteiger partial charge in [-0.1, -0.05) is 46.3 Å². The van der Waals surface area contributed by atoms with Crippen LogP contribution in [0.3, 0.4) is 0 Å². The predicted molar refractivity (Wildman–Crippen MR) is 88.3 cm³/mol. The summed E-state index contributed by atoms with van der Waals surface area (Å²) < 4.78 is 5.96. The van der Waals surface area contributed by atoms with Crippen LogP contribution in [-0.4, -0.2) is 13.1 Å². The number of carbonyl (C=O) groups excluding carboxylic acids is 1. The van der Waals surface area contributed by atoms with Gasteiger partial charge < -0.3 is 10.1 Å². The third kappa shape index (κ3) is 3.27. The molecule has 0 radical (unpaired) electrons. The number of methoxy groups -OCH3 is 1. The van der Waals surface area contributed by atoms with Crippen molar-refractivity contribution in [2.75, 3.05) is 12.4 Å². The summed E-state index contributed by atoms with van der Waals surface area (Å²) in [6.07, 6.45) is 0. The first kappa shape index (κ1) is 15.6. The SMILES string of the molecule is COC(=O)C(C)(Nc1cccc(Br)c1)c1ccccc1C. The maximum atomic E-state index is 12.4. The molecule has 3 nitrogen and oxygen atoms in total. The van der Waals surface area contributed by atoms with Crippen LogP contribution in [0.1, 0.15) is 18.1 Å². The third-order valence-electron chi connectivity index (χ3n) is 3.50. The zero-order valence-electron chi connectivity index (χ0n) is 12.3. The molecule has 110 valence electrons. The van der Waals surface area contributed by atoms with E-state index in [2.05, 4.69) is 21.2 Å². The number of aryl methyl sites for hydroxylation is 1. The summed E-state index contributed by atoms with van der Waals surface area (Å²) in [6, 6.07) is 15.5. The smallest absolute Gasteiger partial charge is 0.335 e. The second kappa shape index (κ2) is 6.31. The molecule has 2 aromatic rings. The van der Waals surface area contributed by atoms with Crippen LogP contribution in [0.4, 0.5) is 5.69 Å². The number of carbonyl (C=O) groups is 1. The van der Waals surface area contributed by atoms with Crippen LogP contribution in [-0.2, 0) is 15.1 Å². The van der Waals surface area contributed by atoms with E-state index in [-0.39, 0.29) is 5.97 Å². The summed E-state index contributed by atoms with van der Waals surface area (Å²) >= 11 is 3.44. The molecule has 0 saturated carbocycles. The number of rotatable bonds is 4. The molecule has 4 heteroatoms. The minimum Gasteiger partial charge on any atom is -0.467 e.